The number of aromatic nitrogens is 1. The van der Waals surface area contributed by atoms with E-state index in [2.05, 4.69) is 29.1 Å². The summed E-state index contributed by atoms with van der Waals surface area (Å²) < 4.78 is 0. The molecule has 3 unspecified atom stereocenters. The number of thiazole rings is 1. The summed E-state index contributed by atoms with van der Waals surface area (Å²) in [5.41, 5.74) is 6.88. The summed E-state index contributed by atoms with van der Waals surface area (Å²) in [4.78, 5) is 7.14. The third-order valence-corrected chi connectivity index (χ3v) is 4.33. The van der Waals surface area contributed by atoms with Crippen LogP contribution >= 0.6 is 11.3 Å². The maximum atomic E-state index is 5.85. The molecule has 3 atom stereocenters. The second-order valence-electron chi connectivity index (χ2n) is 4.74. The summed E-state index contributed by atoms with van der Waals surface area (Å²) in [5, 5.41) is 3.25. The van der Waals surface area contributed by atoms with Crippen LogP contribution in [-0.2, 0) is 0 Å². The van der Waals surface area contributed by atoms with Crippen molar-refractivity contribution in [3.8, 4) is 0 Å². The van der Waals surface area contributed by atoms with E-state index in [4.69, 9.17) is 5.73 Å². The van der Waals surface area contributed by atoms with Gasteiger partial charge in [0.25, 0.3) is 0 Å². The van der Waals surface area contributed by atoms with Gasteiger partial charge in [-0.05, 0) is 33.1 Å². The highest BCUT2D eigenvalue weighted by molar-refractivity contribution is 7.13. The first-order chi connectivity index (χ1) is 7.63. The Balaban J connectivity index is 2.21. The molecule has 1 aromatic rings. The molecule has 1 aliphatic rings. The van der Waals surface area contributed by atoms with Gasteiger partial charge < -0.3 is 10.6 Å². The minimum Gasteiger partial charge on any atom is -0.342 e. The zero-order valence-corrected chi connectivity index (χ0v) is 11.1. The van der Waals surface area contributed by atoms with E-state index in [1.807, 2.05) is 6.92 Å². The molecule has 0 saturated carbocycles. The summed E-state index contributed by atoms with van der Waals surface area (Å²) in [6, 6.07) is 1.34. The van der Waals surface area contributed by atoms with Gasteiger partial charge >= 0.3 is 0 Å². The molecule has 16 heavy (non-hydrogen) atoms. The van der Waals surface area contributed by atoms with Crippen molar-refractivity contribution in [2.75, 3.05) is 4.90 Å². The van der Waals surface area contributed by atoms with Gasteiger partial charge in [0.2, 0.25) is 0 Å². The highest BCUT2D eigenvalue weighted by atomic mass is 32.1. The molecule has 3 nitrogen and oxygen atoms in total. The Bertz CT molecular complexity index is 348. The second-order valence-corrected chi connectivity index (χ2v) is 5.58. The van der Waals surface area contributed by atoms with Crippen LogP contribution < -0.4 is 10.6 Å². The van der Waals surface area contributed by atoms with Gasteiger partial charge in [-0.1, -0.05) is 6.92 Å². The molecule has 0 spiro atoms. The lowest BCUT2D eigenvalue weighted by Crippen LogP contribution is -2.34. The van der Waals surface area contributed by atoms with Crippen LogP contribution in [0.4, 0.5) is 5.13 Å². The number of anilines is 1. The van der Waals surface area contributed by atoms with Crippen molar-refractivity contribution in [2.24, 2.45) is 5.73 Å². The summed E-state index contributed by atoms with van der Waals surface area (Å²) >= 11 is 1.73. The SMILES string of the molecule is CCC1CCC(C)N1c1nc(C(C)N)cs1. The first-order valence-corrected chi connectivity index (χ1v) is 7.00. The van der Waals surface area contributed by atoms with Gasteiger partial charge in [0.1, 0.15) is 0 Å². The molecule has 0 aromatic carbocycles. The maximum absolute atomic E-state index is 5.85. The van der Waals surface area contributed by atoms with Crippen molar-refractivity contribution in [3.05, 3.63) is 11.1 Å². The van der Waals surface area contributed by atoms with Crippen molar-refractivity contribution in [2.45, 2.75) is 58.2 Å². The van der Waals surface area contributed by atoms with E-state index in [1.54, 1.807) is 11.3 Å². The summed E-state index contributed by atoms with van der Waals surface area (Å²) in [6.07, 6.45) is 3.79. The van der Waals surface area contributed by atoms with Crippen molar-refractivity contribution < 1.29 is 0 Å². The van der Waals surface area contributed by atoms with Crippen LogP contribution in [0.15, 0.2) is 5.38 Å². The van der Waals surface area contributed by atoms with E-state index in [0.717, 1.165) is 10.8 Å². The van der Waals surface area contributed by atoms with Crippen molar-refractivity contribution in [3.63, 3.8) is 0 Å². The standard InChI is InChI=1S/C12H21N3S/c1-4-10-6-5-8(2)15(10)12-14-11(7-16-12)9(3)13/h7-10H,4-6,13H2,1-3H3. The zero-order valence-electron chi connectivity index (χ0n) is 10.3. The minimum absolute atomic E-state index is 0.0444. The Morgan fingerprint density at radius 1 is 1.62 bits per heavy atom. The molecule has 90 valence electrons. The topological polar surface area (TPSA) is 42.2 Å². The Morgan fingerprint density at radius 3 is 2.94 bits per heavy atom. The Kier molecular flexibility index (Phi) is 3.50. The van der Waals surface area contributed by atoms with E-state index < -0.39 is 0 Å². The molecule has 1 aromatic heterocycles. The molecule has 1 fully saturated rings. The van der Waals surface area contributed by atoms with Gasteiger partial charge in [0, 0.05) is 23.5 Å². The molecule has 2 N–H and O–H groups in total. The fourth-order valence-electron chi connectivity index (χ4n) is 2.42. The summed E-state index contributed by atoms with van der Waals surface area (Å²) in [6.45, 7) is 6.54. The summed E-state index contributed by atoms with van der Waals surface area (Å²) in [7, 11) is 0. The molecule has 0 amide bonds. The lowest BCUT2D eigenvalue weighted by atomic mass is 10.2. The van der Waals surface area contributed by atoms with E-state index in [1.165, 1.54) is 19.3 Å². The molecule has 0 radical (unpaired) electrons. The van der Waals surface area contributed by atoms with E-state index in [-0.39, 0.29) is 6.04 Å². The normalized spacial score (nSPS) is 27.4. The highest BCUT2D eigenvalue weighted by Crippen LogP contribution is 2.34. The molecular weight excluding hydrogens is 218 g/mol. The lowest BCUT2D eigenvalue weighted by Gasteiger charge is -2.27. The second kappa shape index (κ2) is 4.72. The van der Waals surface area contributed by atoms with E-state index in [0.29, 0.717) is 12.1 Å². The van der Waals surface area contributed by atoms with Crippen LogP contribution in [0.25, 0.3) is 0 Å². The van der Waals surface area contributed by atoms with Crippen LogP contribution in [0.2, 0.25) is 0 Å². The van der Waals surface area contributed by atoms with Crippen LogP contribution in [0.5, 0.6) is 0 Å². The third kappa shape index (κ3) is 2.09. The molecule has 4 heteroatoms. The van der Waals surface area contributed by atoms with Crippen LogP contribution in [0.1, 0.15) is 51.8 Å². The van der Waals surface area contributed by atoms with Gasteiger partial charge in [-0.3, -0.25) is 0 Å². The third-order valence-electron chi connectivity index (χ3n) is 3.45. The van der Waals surface area contributed by atoms with Gasteiger partial charge in [-0.2, -0.15) is 0 Å². The average Bonchev–Trinajstić information content (AvgIpc) is 2.83. The van der Waals surface area contributed by atoms with Gasteiger partial charge in [0.15, 0.2) is 5.13 Å². The zero-order chi connectivity index (χ0) is 11.7. The largest absolute Gasteiger partial charge is 0.342 e. The fourth-order valence-corrected chi connectivity index (χ4v) is 3.52. The van der Waals surface area contributed by atoms with E-state index in [9.17, 15) is 0 Å². The first kappa shape index (κ1) is 11.9. The quantitative estimate of drug-likeness (QED) is 0.882. The predicted octanol–water partition coefficient (Wildman–Crippen LogP) is 2.93. The Labute approximate surface area is 102 Å². The highest BCUT2D eigenvalue weighted by Gasteiger charge is 2.31. The molecule has 2 rings (SSSR count). The number of nitrogens with zero attached hydrogens (tertiary/aromatic N) is 2. The van der Waals surface area contributed by atoms with E-state index >= 15 is 0 Å². The lowest BCUT2D eigenvalue weighted by molar-refractivity contribution is 0.624. The van der Waals surface area contributed by atoms with Gasteiger partial charge in [-0.15, -0.1) is 11.3 Å². The molecule has 2 heterocycles. The Morgan fingerprint density at radius 2 is 2.38 bits per heavy atom. The Hall–Kier alpha value is -0.610. The average molecular weight is 239 g/mol. The van der Waals surface area contributed by atoms with Crippen LogP contribution in [0.3, 0.4) is 0 Å². The van der Waals surface area contributed by atoms with Crippen molar-refractivity contribution in [1.29, 1.82) is 0 Å². The van der Waals surface area contributed by atoms with Gasteiger partial charge in [-0.25, -0.2) is 4.98 Å². The molecule has 0 aliphatic carbocycles. The molecular formula is C12H21N3S. The van der Waals surface area contributed by atoms with Crippen LogP contribution in [-0.4, -0.2) is 17.1 Å². The minimum atomic E-state index is 0.0444. The predicted molar refractivity (Wildman–Crippen MR) is 70.0 cm³/mol. The monoisotopic (exact) mass is 239 g/mol. The first-order valence-electron chi connectivity index (χ1n) is 6.12. The summed E-state index contributed by atoms with van der Waals surface area (Å²) in [5.74, 6) is 0. The molecule has 0 bridgehead atoms. The molecule has 1 aliphatic heterocycles. The van der Waals surface area contributed by atoms with Crippen LogP contribution in [0, 0.1) is 0 Å². The smallest absolute Gasteiger partial charge is 0.186 e. The van der Waals surface area contributed by atoms with Gasteiger partial charge in [0.05, 0.1) is 5.69 Å². The number of hydrogen-bond donors (Lipinski definition) is 1. The van der Waals surface area contributed by atoms with Crippen molar-refractivity contribution >= 4 is 16.5 Å². The maximum Gasteiger partial charge on any atom is 0.186 e. The number of nitrogens with two attached hydrogens (primary N) is 1. The van der Waals surface area contributed by atoms with Crippen molar-refractivity contribution in [1.82, 2.24) is 4.98 Å². The molecule has 1 saturated heterocycles. The number of rotatable bonds is 3. The number of hydrogen-bond acceptors (Lipinski definition) is 4. The fraction of sp³-hybridized carbons (Fsp3) is 0.750.